The van der Waals surface area contributed by atoms with Crippen LogP contribution in [0.3, 0.4) is 0 Å². The van der Waals surface area contributed by atoms with Gasteiger partial charge in [0.1, 0.15) is 22.7 Å². The molecule has 136 valence electrons. The Morgan fingerprint density at radius 3 is 1.29 bits per heavy atom. The third-order valence-electron chi connectivity index (χ3n) is 5.73. The first kappa shape index (κ1) is 18.9. The second-order valence-corrected chi connectivity index (χ2v) is 7.54. The largest absolute Gasteiger partial charge is 0.358 e. The Balaban J connectivity index is 2.16. The summed E-state index contributed by atoms with van der Waals surface area (Å²) in [5.74, 6) is 1.16. The number of hydrogen-bond acceptors (Lipinski definition) is 4. The second kappa shape index (κ2) is 7.62. The van der Waals surface area contributed by atoms with Crippen molar-refractivity contribution in [3.8, 4) is 0 Å². The summed E-state index contributed by atoms with van der Waals surface area (Å²) in [4.78, 5) is 4.27. The summed E-state index contributed by atoms with van der Waals surface area (Å²) in [6, 6.07) is 0. The topological polar surface area (TPSA) is 78.9 Å². The molecule has 6 nitrogen and oxygen atoms in total. The molecule has 0 amide bonds. The van der Waals surface area contributed by atoms with E-state index in [1.54, 1.807) is 0 Å². The van der Waals surface area contributed by atoms with Crippen molar-refractivity contribution < 1.29 is 0 Å². The van der Waals surface area contributed by atoms with Crippen LogP contribution in [0.15, 0.2) is 10.2 Å². The van der Waals surface area contributed by atoms with E-state index in [4.69, 9.17) is 10.8 Å². The quantitative estimate of drug-likeness (QED) is 0.438. The van der Waals surface area contributed by atoms with E-state index in [2.05, 4.69) is 33.9 Å². The fourth-order valence-electron chi connectivity index (χ4n) is 3.35. The van der Waals surface area contributed by atoms with Crippen LogP contribution in [-0.4, -0.2) is 58.7 Å². The Kier molecular flexibility index (Phi) is 5.99. The molecule has 2 atom stereocenters. The predicted octanol–water partition coefficient (Wildman–Crippen LogP) is 3.92. The Morgan fingerprint density at radius 2 is 1.04 bits per heavy atom. The fourth-order valence-corrected chi connectivity index (χ4v) is 3.35. The van der Waals surface area contributed by atoms with Gasteiger partial charge in [0, 0.05) is 26.2 Å². The molecule has 0 aromatic rings. The summed E-state index contributed by atoms with van der Waals surface area (Å²) < 4.78 is 0. The van der Waals surface area contributed by atoms with Crippen LogP contribution in [-0.2, 0) is 0 Å². The minimum atomic E-state index is -0.591. The first-order valence-electron chi connectivity index (χ1n) is 9.48. The first-order chi connectivity index (χ1) is 11.4. The van der Waals surface area contributed by atoms with Gasteiger partial charge in [-0.2, -0.15) is 10.2 Å². The molecule has 2 fully saturated rings. The van der Waals surface area contributed by atoms with Crippen LogP contribution in [0, 0.1) is 10.8 Å². The summed E-state index contributed by atoms with van der Waals surface area (Å²) in [6.45, 7) is 12.0. The molecule has 0 radical (unpaired) electrons. The summed E-state index contributed by atoms with van der Waals surface area (Å²) in [5.41, 5.74) is -1.18. The van der Waals surface area contributed by atoms with Gasteiger partial charge in [-0.15, -0.1) is 0 Å². The molecule has 6 heteroatoms. The highest BCUT2D eigenvalue weighted by Gasteiger charge is 2.37. The van der Waals surface area contributed by atoms with E-state index in [-0.39, 0.29) is 0 Å². The SMILES string of the molecule is CCC(C)(/N=N/C(C)(CC)C(=N)N1CCCC1)C(=N)N1CCCC1. The van der Waals surface area contributed by atoms with Crippen LogP contribution >= 0.6 is 0 Å². The Bertz CT molecular complexity index is 446. The van der Waals surface area contributed by atoms with Gasteiger partial charge in [-0.3, -0.25) is 10.8 Å². The van der Waals surface area contributed by atoms with E-state index in [0.29, 0.717) is 11.7 Å². The standard InChI is InChI=1S/C18H34N6/c1-5-17(3,15(19)23-11-7-8-12-23)21-22-18(4,6-2)16(20)24-13-9-10-14-24/h19-20H,5-14H2,1-4H3/b19-15?,20-16?,22-21+. The monoisotopic (exact) mass is 334 g/mol. The van der Waals surface area contributed by atoms with E-state index in [1.165, 1.54) is 0 Å². The molecule has 2 heterocycles. The van der Waals surface area contributed by atoms with Crippen molar-refractivity contribution >= 4 is 11.7 Å². The lowest BCUT2D eigenvalue weighted by atomic mass is 9.96. The van der Waals surface area contributed by atoms with Crippen molar-refractivity contribution in [1.29, 1.82) is 10.8 Å². The Labute approximate surface area is 146 Å². The lowest BCUT2D eigenvalue weighted by Gasteiger charge is -2.34. The first-order valence-corrected chi connectivity index (χ1v) is 9.48. The normalized spacial score (nSPS) is 23.5. The van der Waals surface area contributed by atoms with Crippen molar-refractivity contribution in [2.24, 2.45) is 10.2 Å². The zero-order valence-corrected chi connectivity index (χ0v) is 15.9. The third-order valence-corrected chi connectivity index (χ3v) is 5.73. The number of hydrogen-bond donors (Lipinski definition) is 2. The van der Waals surface area contributed by atoms with Crippen molar-refractivity contribution in [1.82, 2.24) is 9.80 Å². The molecule has 0 spiro atoms. The van der Waals surface area contributed by atoms with Crippen LogP contribution in [0.25, 0.3) is 0 Å². The summed E-state index contributed by atoms with van der Waals surface area (Å²) >= 11 is 0. The molecular formula is C18H34N6. The van der Waals surface area contributed by atoms with Gasteiger partial charge in [-0.1, -0.05) is 13.8 Å². The highest BCUT2D eigenvalue weighted by atomic mass is 15.3. The van der Waals surface area contributed by atoms with Gasteiger partial charge in [-0.25, -0.2) is 0 Å². The number of amidine groups is 2. The van der Waals surface area contributed by atoms with Crippen LogP contribution in [0.5, 0.6) is 0 Å². The zero-order chi connectivity index (χ0) is 17.8. The predicted molar refractivity (Wildman–Crippen MR) is 99.3 cm³/mol. The van der Waals surface area contributed by atoms with Crippen LogP contribution in [0.2, 0.25) is 0 Å². The minimum absolute atomic E-state index is 0.581. The molecule has 24 heavy (non-hydrogen) atoms. The fraction of sp³-hybridized carbons (Fsp3) is 0.889. The smallest absolute Gasteiger partial charge is 0.135 e. The molecule has 2 aliphatic heterocycles. The Morgan fingerprint density at radius 1 is 0.750 bits per heavy atom. The summed E-state index contributed by atoms with van der Waals surface area (Å²) in [7, 11) is 0. The lowest BCUT2D eigenvalue weighted by molar-refractivity contribution is 0.400. The molecule has 2 N–H and O–H groups in total. The maximum atomic E-state index is 8.59. The third kappa shape index (κ3) is 3.78. The van der Waals surface area contributed by atoms with Gasteiger partial charge >= 0.3 is 0 Å². The molecule has 0 saturated carbocycles. The lowest BCUT2D eigenvalue weighted by Crippen LogP contribution is -2.46. The molecule has 2 saturated heterocycles. The average Bonchev–Trinajstić information content (AvgIpc) is 3.31. The molecule has 0 aromatic carbocycles. The number of nitrogens with zero attached hydrogens (tertiary/aromatic N) is 4. The van der Waals surface area contributed by atoms with Crippen molar-refractivity contribution in [3.63, 3.8) is 0 Å². The van der Waals surface area contributed by atoms with Crippen LogP contribution < -0.4 is 0 Å². The van der Waals surface area contributed by atoms with Gasteiger partial charge in [-0.05, 0) is 52.4 Å². The van der Waals surface area contributed by atoms with Crippen LogP contribution in [0.1, 0.15) is 66.2 Å². The van der Waals surface area contributed by atoms with Gasteiger partial charge in [0.15, 0.2) is 0 Å². The molecule has 2 rings (SSSR count). The van der Waals surface area contributed by atoms with E-state index in [9.17, 15) is 0 Å². The van der Waals surface area contributed by atoms with Gasteiger partial charge < -0.3 is 9.80 Å². The van der Waals surface area contributed by atoms with Gasteiger partial charge in [0.05, 0.1) is 0 Å². The Hall–Kier alpha value is -1.46. The van der Waals surface area contributed by atoms with E-state index >= 15 is 0 Å². The molecule has 2 unspecified atom stereocenters. The van der Waals surface area contributed by atoms with E-state index in [1.807, 2.05) is 13.8 Å². The molecular weight excluding hydrogens is 300 g/mol. The van der Waals surface area contributed by atoms with E-state index in [0.717, 1.165) is 64.7 Å². The number of azo groups is 1. The van der Waals surface area contributed by atoms with Gasteiger partial charge in [0.2, 0.25) is 0 Å². The van der Waals surface area contributed by atoms with Crippen molar-refractivity contribution in [2.75, 3.05) is 26.2 Å². The van der Waals surface area contributed by atoms with Crippen molar-refractivity contribution in [2.45, 2.75) is 77.3 Å². The maximum Gasteiger partial charge on any atom is 0.135 e. The maximum absolute atomic E-state index is 8.59. The average molecular weight is 335 g/mol. The van der Waals surface area contributed by atoms with E-state index < -0.39 is 11.1 Å². The highest BCUT2D eigenvalue weighted by molar-refractivity contribution is 5.90. The zero-order valence-electron chi connectivity index (χ0n) is 15.9. The number of likely N-dealkylation sites (tertiary alicyclic amines) is 2. The minimum Gasteiger partial charge on any atom is -0.358 e. The number of rotatable bonds is 6. The second-order valence-electron chi connectivity index (χ2n) is 7.54. The summed E-state index contributed by atoms with van der Waals surface area (Å²) in [5, 5.41) is 26.5. The van der Waals surface area contributed by atoms with Crippen LogP contribution in [0.4, 0.5) is 0 Å². The number of nitrogens with one attached hydrogen (secondary N) is 2. The summed E-state index contributed by atoms with van der Waals surface area (Å²) in [6.07, 6.45) is 6.14. The highest BCUT2D eigenvalue weighted by Crippen LogP contribution is 2.27. The van der Waals surface area contributed by atoms with Gasteiger partial charge in [0.25, 0.3) is 0 Å². The van der Waals surface area contributed by atoms with Crippen molar-refractivity contribution in [3.05, 3.63) is 0 Å². The molecule has 2 aliphatic rings. The molecule has 0 aliphatic carbocycles. The molecule has 0 aromatic heterocycles. The molecule has 0 bridgehead atoms.